The van der Waals surface area contributed by atoms with E-state index in [1.807, 2.05) is 48.5 Å². The van der Waals surface area contributed by atoms with Gasteiger partial charge in [0.1, 0.15) is 12.6 Å². The van der Waals surface area contributed by atoms with Crippen LogP contribution < -0.4 is 0 Å². The molecular weight excluding hydrogens is 555 g/mol. The lowest BCUT2D eigenvalue weighted by Crippen LogP contribution is -2.48. The molecule has 1 heterocycles. The normalized spacial score (nSPS) is 16.5. The molecule has 2 atom stereocenters. The number of carbonyl (C=O) groups is 3. The Kier molecular flexibility index (Phi) is 12.6. The van der Waals surface area contributed by atoms with Crippen molar-refractivity contribution in [2.75, 3.05) is 32.3 Å². The molecule has 230 valence electrons. The monoisotopic (exact) mass is 600 g/mol. The highest BCUT2D eigenvalue weighted by atomic mass is 31.2. The zero-order chi connectivity index (χ0) is 30.6. The Morgan fingerprint density at radius 3 is 2.21 bits per heavy atom. The SMILES string of the molecule is CCN(CP(=O)(CCCCc1ccccc1)OCOC(=O)C(C)(C)C)C(=O)N1CCC[C@H]1C(=O)OCc1ccccc1. The number of aryl methyl sites for hydroxylation is 1. The van der Waals surface area contributed by atoms with Crippen LogP contribution in [0.2, 0.25) is 0 Å². The van der Waals surface area contributed by atoms with Gasteiger partial charge >= 0.3 is 18.0 Å². The van der Waals surface area contributed by atoms with Crippen molar-refractivity contribution >= 4 is 25.3 Å². The van der Waals surface area contributed by atoms with Crippen molar-refractivity contribution in [3.05, 3.63) is 71.8 Å². The molecule has 2 aromatic carbocycles. The van der Waals surface area contributed by atoms with Crippen LogP contribution in [0.3, 0.4) is 0 Å². The van der Waals surface area contributed by atoms with Crippen molar-refractivity contribution < 1.29 is 32.9 Å². The van der Waals surface area contributed by atoms with Gasteiger partial charge < -0.3 is 19.3 Å². The van der Waals surface area contributed by atoms with E-state index >= 15 is 0 Å². The maximum absolute atomic E-state index is 14.1. The molecule has 0 aromatic heterocycles. The number of likely N-dealkylation sites (tertiary alicyclic amines) is 1. The van der Waals surface area contributed by atoms with Crippen molar-refractivity contribution in [3.63, 3.8) is 0 Å². The van der Waals surface area contributed by atoms with E-state index in [-0.39, 0.29) is 31.6 Å². The van der Waals surface area contributed by atoms with Crippen LogP contribution in [0, 0.1) is 5.41 Å². The second kappa shape index (κ2) is 15.9. The van der Waals surface area contributed by atoms with Gasteiger partial charge in [0, 0.05) is 19.3 Å². The summed E-state index contributed by atoms with van der Waals surface area (Å²) in [5.41, 5.74) is 1.33. The van der Waals surface area contributed by atoms with E-state index in [1.165, 1.54) is 15.4 Å². The molecule has 9 nitrogen and oxygen atoms in total. The average Bonchev–Trinajstić information content (AvgIpc) is 3.47. The van der Waals surface area contributed by atoms with E-state index in [0.29, 0.717) is 25.8 Å². The Morgan fingerprint density at radius 2 is 1.60 bits per heavy atom. The Balaban J connectivity index is 1.64. The van der Waals surface area contributed by atoms with Crippen LogP contribution in [0.1, 0.15) is 64.5 Å². The third kappa shape index (κ3) is 10.3. The molecular formula is C32H45N2O7P. The average molecular weight is 601 g/mol. The number of urea groups is 1. The number of unbranched alkanes of at least 4 members (excludes halogenated alkanes) is 1. The summed E-state index contributed by atoms with van der Waals surface area (Å²) in [6, 6.07) is 18.4. The minimum absolute atomic E-state index is 0.134. The van der Waals surface area contributed by atoms with E-state index in [1.54, 1.807) is 27.7 Å². The fourth-order valence-corrected chi connectivity index (χ4v) is 6.84. The molecule has 3 rings (SSSR count). The third-order valence-corrected chi connectivity index (χ3v) is 9.53. The zero-order valence-electron chi connectivity index (χ0n) is 25.3. The van der Waals surface area contributed by atoms with Gasteiger partial charge in [0.2, 0.25) is 7.37 Å². The number of rotatable bonds is 14. The van der Waals surface area contributed by atoms with Gasteiger partial charge in [-0.2, -0.15) is 0 Å². The third-order valence-electron chi connectivity index (χ3n) is 7.18. The molecule has 0 spiro atoms. The Bertz CT molecular complexity index is 1200. The van der Waals surface area contributed by atoms with E-state index in [0.717, 1.165) is 18.4 Å². The highest BCUT2D eigenvalue weighted by molar-refractivity contribution is 7.58. The lowest BCUT2D eigenvalue weighted by atomic mass is 9.98. The summed E-state index contributed by atoms with van der Waals surface area (Å²) in [7, 11) is -3.43. The number of benzene rings is 2. The molecule has 2 aromatic rings. The van der Waals surface area contributed by atoms with Crippen LogP contribution >= 0.6 is 7.37 Å². The number of hydrogen-bond acceptors (Lipinski definition) is 7. The van der Waals surface area contributed by atoms with E-state index in [9.17, 15) is 18.9 Å². The summed E-state index contributed by atoms with van der Waals surface area (Å²) in [5.74, 6) is -0.911. The van der Waals surface area contributed by atoms with Crippen molar-refractivity contribution in [1.82, 2.24) is 9.80 Å². The van der Waals surface area contributed by atoms with Crippen LogP contribution in [0.4, 0.5) is 4.79 Å². The number of nitrogens with zero attached hydrogens (tertiary/aromatic N) is 2. The topological polar surface area (TPSA) is 102 Å². The maximum atomic E-state index is 14.1. The predicted octanol–water partition coefficient (Wildman–Crippen LogP) is 6.46. The molecule has 1 aliphatic rings. The van der Waals surface area contributed by atoms with Gasteiger partial charge in [-0.15, -0.1) is 0 Å². The molecule has 42 heavy (non-hydrogen) atoms. The highest BCUT2D eigenvalue weighted by Crippen LogP contribution is 2.48. The van der Waals surface area contributed by atoms with Crippen molar-refractivity contribution in [1.29, 1.82) is 0 Å². The molecule has 1 saturated heterocycles. The first kappa shape index (κ1) is 33.3. The zero-order valence-corrected chi connectivity index (χ0v) is 26.2. The predicted molar refractivity (Wildman–Crippen MR) is 162 cm³/mol. The summed E-state index contributed by atoms with van der Waals surface area (Å²) < 4.78 is 30.7. The first-order valence-electron chi connectivity index (χ1n) is 14.7. The van der Waals surface area contributed by atoms with Crippen LogP contribution in [0.25, 0.3) is 0 Å². The summed E-state index contributed by atoms with van der Waals surface area (Å²) >= 11 is 0. The first-order valence-corrected chi connectivity index (χ1v) is 16.7. The molecule has 1 fully saturated rings. The van der Waals surface area contributed by atoms with E-state index in [4.69, 9.17) is 14.0 Å². The summed E-state index contributed by atoms with van der Waals surface area (Å²) in [4.78, 5) is 41.8. The summed E-state index contributed by atoms with van der Waals surface area (Å²) in [6.07, 6.45) is 3.52. The Labute approximate surface area is 250 Å². The number of amides is 2. The molecule has 0 bridgehead atoms. The molecule has 2 amide bonds. The minimum Gasteiger partial charge on any atom is -0.459 e. The van der Waals surface area contributed by atoms with Gasteiger partial charge in [-0.1, -0.05) is 60.7 Å². The summed E-state index contributed by atoms with van der Waals surface area (Å²) in [5, 5.41) is 0. The molecule has 1 aliphatic heterocycles. The Morgan fingerprint density at radius 1 is 0.952 bits per heavy atom. The molecule has 0 N–H and O–H groups in total. The Hall–Kier alpha value is -3.16. The molecule has 0 saturated carbocycles. The second-order valence-electron chi connectivity index (χ2n) is 11.6. The van der Waals surface area contributed by atoms with Crippen LogP contribution in [0.15, 0.2) is 60.7 Å². The number of esters is 2. The van der Waals surface area contributed by atoms with Gasteiger partial charge in [0.05, 0.1) is 11.7 Å². The molecule has 0 radical (unpaired) electrons. The van der Waals surface area contributed by atoms with Crippen LogP contribution in [-0.2, 0) is 41.2 Å². The largest absolute Gasteiger partial charge is 0.459 e. The molecule has 1 unspecified atom stereocenters. The van der Waals surface area contributed by atoms with E-state index < -0.39 is 37.6 Å². The van der Waals surface area contributed by atoms with Gasteiger partial charge in [-0.25, -0.2) is 9.59 Å². The lowest BCUT2D eigenvalue weighted by Gasteiger charge is -2.32. The molecule has 0 aliphatic carbocycles. The van der Waals surface area contributed by atoms with Crippen molar-refractivity contribution in [2.45, 2.75) is 72.4 Å². The second-order valence-corrected chi connectivity index (χ2v) is 14.3. The highest BCUT2D eigenvalue weighted by Gasteiger charge is 2.39. The fraction of sp³-hybridized carbons (Fsp3) is 0.531. The van der Waals surface area contributed by atoms with Gasteiger partial charge in [-0.05, 0) is 70.9 Å². The fourth-order valence-electron chi connectivity index (χ4n) is 4.70. The first-order chi connectivity index (χ1) is 20.0. The van der Waals surface area contributed by atoms with Crippen molar-refractivity contribution in [3.8, 4) is 0 Å². The number of hydrogen-bond donors (Lipinski definition) is 0. The lowest BCUT2D eigenvalue weighted by molar-refractivity contribution is -0.159. The van der Waals surface area contributed by atoms with Crippen LogP contribution in [-0.4, -0.2) is 66.1 Å². The van der Waals surface area contributed by atoms with Gasteiger partial charge in [0.15, 0.2) is 6.79 Å². The standard InChI is InChI=1S/C32H45N2O7P/c1-5-33(31(37)34-21-14-20-28(34)29(35)39-23-27-18-10-7-11-19-27)24-42(38,41-25-40-30(36)32(2,3)4)22-13-12-17-26-15-8-6-9-16-26/h6-11,15-16,18-19,28H,5,12-14,17,20-25H2,1-4H3/t28-,42?/m0/s1. The van der Waals surface area contributed by atoms with Crippen molar-refractivity contribution in [2.24, 2.45) is 5.41 Å². The quantitative estimate of drug-likeness (QED) is 0.106. The number of ether oxygens (including phenoxy) is 2. The smallest absolute Gasteiger partial charge is 0.329 e. The summed E-state index contributed by atoms with van der Waals surface area (Å²) in [6.45, 7) is 7.36. The maximum Gasteiger partial charge on any atom is 0.329 e. The van der Waals surface area contributed by atoms with Gasteiger partial charge in [0.25, 0.3) is 0 Å². The molecule has 10 heteroatoms. The number of carbonyl (C=O) groups excluding carboxylic acids is 3. The minimum atomic E-state index is -3.43. The van der Waals surface area contributed by atoms with E-state index in [2.05, 4.69) is 12.1 Å². The van der Waals surface area contributed by atoms with Gasteiger partial charge in [-0.3, -0.25) is 13.9 Å². The van der Waals surface area contributed by atoms with Crippen LogP contribution in [0.5, 0.6) is 0 Å².